The average Bonchev–Trinajstić information content (AvgIpc) is 2.73. The minimum absolute atomic E-state index is 0.0585. The largest absolute Gasteiger partial charge is 0.529 e. The SMILES string of the molecule is Nc1cc(C(c2ccc(O)c(N)c2)(C(F)(F)F)C(F)(F)OC(F)(F)C(F)(F)OC(F)(F)OC(F)(F)OC(F)(F)F)ccc1O. The Balaban J connectivity index is 2.72. The zero-order valence-electron chi connectivity index (χ0n) is 20.2. The highest BCUT2D eigenvalue weighted by Crippen LogP contribution is 2.59. The number of hydrogen-bond donors (Lipinski definition) is 4. The van der Waals surface area contributed by atoms with Crippen molar-refractivity contribution in [3.05, 3.63) is 47.5 Å². The van der Waals surface area contributed by atoms with Crippen LogP contribution in [-0.2, 0) is 24.4 Å². The molecular weight excluding hydrogens is 668 g/mol. The molecule has 0 aliphatic heterocycles. The first kappa shape index (κ1) is 36.6. The van der Waals surface area contributed by atoms with Crippen molar-refractivity contribution in [2.45, 2.75) is 48.9 Å². The topological polar surface area (TPSA) is 129 Å². The van der Waals surface area contributed by atoms with Gasteiger partial charge in [-0.05, 0) is 35.4 Å². The molecule has 0 amide bonds. The predicted octanol–water partition coefficient (Wildman–Crippen LogP) is 6.58. The van der Waals surface area contributed by atoms with Gasteiger partial charge >= 0.3 is 43.5 Å². The zero-order valence-corrected chi connectivity index (χ0v) is 20.2. The standard InChI is InChI=1S/C20H12F16N2O6/c21-14(22,23)13(7-1-3-11(39)9(37)5-7,8-2-4-12(40)10(38)6-8)15(24,25)41-16(26,27)17(28,29)42-19(33,34)44-20(35,36)43-18(30,31)32/h1-6,39-40H,37-38H2. The predicted molar refractivity (Wildman–Crippen MR) is 107 cm³/mol. The molecule has 2 aromatic carbocycles. The molecule has 8 nitrogen and oxygen atoms in total. The fraction of sp³-hybridized carbons (Fsp3) is 0.400. The fourth-order valence-corrected chi connectivity index (χ4v) is 3.39. The molecule has 0 fully saturated rings. The third-order valence-corrected chi connectivity index (χ3v) is 5.10. The molecule has 2 rings (SSSR count). The van der Waals surface area contributed by atoms with Crippen LogP contribution < -0.4 is 11.5 Å². The molecule has 0 radical (unpaired) electrons. The van der Waals surface area contributed by atoms with Gasteiger partial charge in [-0.1, -0.05) is 12.1 Å². The summed E-state index contributed by atoms with van der Waals surface area (Å²) in [6, 6.07) is -0.0285. The van der Waals surface area contributed by atoms with Crippen molar-refractivity contribution in [2.24, 2.45) is 0 Å². The molecule has 0 saturated carbocycles. The molecule has 0 aromatic heterocycles. The Labute approximate surface area is 231 Å². The Morgan fingerprint density at radius 3 is 1.18 bits per heavy atom. The molecule has 6 N–H and O–H groups in total. The number of halogens is 16. The maximum atomic E-state index is 15.5. The van der Waals surface area contributed by atoms with Crippen LogP contribution in [0.3, 0.4) is 0 Å². The van der Waals surface area contributed by atoms with Crippen molar-refractivity contribution in [1.82, 2.24) is 0 Å². The van der Waals surface area contributed by atoms with Gasteiger partial charge in [-0.2, -0.15) is 44.3 Å². The van der Waals surface area contributed by atoms with E-state index in [0.717, 1.165) is 0 Å². The highest BCUT2D eigenvalue weighted by atomic mass is 19.4. The number of alkyl halides is 16. The smallest absolute Gasteiger partial charge is 0.506 e. The second kappa shape index (κ2) is 11.1. The lowest BCUT2D eigenvalue weighted by atomic mass is 9.72. The first-order chi connectivity index (χ1) is 19.4. The first-order valence-electron chi connectivity index (χ1n) is 10.4. The summed E-state index contributed by atoms with van der Waals surface area (Å²) >= 11 is 0. The van der Waals surface area contributed by atoms with Crippen molar-refractivity contribution < 1.29 is 99.4 Å². The van der Waals surface area contributed by atoms with E-state index in [9.17, 15) is 71.7 Å². The van der Waals surface area contributed by atoms with Gasteiger partial charge in [0.05, 0.1) is 11.4 Å². The van der Waals surface area contributed by atoms with Crippen LogP contribution in [-0.4, -0.2) is 53.7 Å². The van der Waals surface area contributed by atoms with Gasteiger partial charge in [0.2, 0.25) is 5.41 Å². The van der Waals surface area contributed by atoms with E-state index in [1.165, 1.54) is 0 Å². The fourth-order valence-electron chi connectivity index (χ4n) is 3.39. The van der Waals surface area contributed by atoms with Gasteiger partial charge in [-0.25, -0.2) is 14.2 Å². The molecular formula is C20H12F16N2O6. The van der Waals surface area contributed by atoms with Crippen LogP contribution in [0.1, 0.15) is 11.1 Å². The van der Waals surface area contributed by atoms with Crippen molar-refractivity contribution in [3.8, 4) is 11.5 Å². The molecule has 0 heterocycles. The molecule has 0 spiro atoms. The van der Waals surface area contributed by atoms with E-state index in [4.69, 9.17) is 11.5 Å². The van der Waals surface area contributed by atoms with Crippen molar-refractivity contribution >= 4 is 11.4 Å². The molecule has 0 bridgehead atoms. The van der Waals surface area contributed by atoms with Crippen LogP contribution in [0.5, 0.6) is 11.5 Å². The summed E-state index contributed by atoms with van der Waals surface area (Å²) in [6.07, 6.45) is -48.6. The van der Waals surface area contributed by atoms with Gasteiger partial charge in [0.1, 0.15) is 11.5 Å². The van der Waals surface area contributed by atoms with E-state index in [1.54, 1.807) is 4.74 Å². The molecule has 0 unspecified atom stereocenters. The maximum absolute atomic E-state index is 15.5. The molecule has 0 atom stereocenters. The Kier molecular flexibility index (Phi) is 9.19. The van der Waals surface area contributed by atoms with Gasteiger partial charge < -0.3 is 21.7 Å². The normalized spacial score (nSPS) is 14.6. The van der Waals surface area contributed by atoms with Crippen LogP contribution in [0.15, 0.2) is 36.4 Å². The Morgan fingerprint density at radius 1 is 0.477 bits per heavy atom. The highest BCUT2D eigenvalue weighted by Gasteiger charge is 2.78. The lowest BCUT2D eigenvalue weighted by Crippen LogP contribution is -2.62. The van der Waals surface area contributed by atoms with Crippen molar-refractivity contribution in [2.75, 3.05) is 11.5 Å². The number of aromatic hydroxyl groups is 2. The number of nitrogens with two attached hydrogens (primary N) is 2. The minimum Gasteiger partial charge on any atom is -0.506 e. The van der Waals surface area contributed by atoms with E-state index in [1.807, 2.05) is 9.47 Å². The third kappa shape index (κ3) is 7.35. The molecule has 24 heteroatoms. The summed E-state index contributed by atoms with van der Waals surface area (Å²) in [5.74, 6) is -2.20. The average molecular weight is 680 g/mol. The maximum Gasteiger partial charge on any atom is 0.529 e. The van der Waals surface area contributed by atoms with E-state index in [0.29, 0.717) is 0 Å². The van der Waals surface area contributed by atoms with E-state index < -0.39 is 82.9 Å². The van der Waals surface area contributed by atoms with Crippen LogP contribution in [0.25, 0.3) is 0 Å². The monoisotopic (exact) mass is 680 g/mol. The Morgan fingerprint density at radius 2 is 0.841 bits per heavy atom. The third-order valence-electron chi connectivity index (χ3n) is 5.10. The summed E-state index contributed by atoms with van der Waals surface area (Å²) in [7, 11) is 0. The number of nitrogen functional groups attached to an aromatic ring is 2. The molecule has 250 valence electrons. The van der Waals surface area contributed by atoms with Crippen molar-refractivity contribution in [3.63, 3.8) is 0 Å². The lowest BCUT2D eigenvalue weighted by Gasteiger charge is -2.43. The van der Waals surface area contributed by atoms with Gasteiger partial charge in [-0.15, -0.1) is 30.7 Å². The van der Waals surface area contributed by atoms with Gasteiger partial charge in [0, 0.05) is 0 Å². The molecule has 0 aliphatic rings. The second-order valence-corrected chi connectivity index (χ2v) is 8.13. The van der Waals surface area contributed by atoms with Crippen LogP contribution in [0.2, 0.25) is 0 Å². The number of benzene rings is 2. The Hall–Kier alpha value is -3.64. The number of ether oxygens (including phenoxy) is 4. The highest BCUT2D eigenvalue weighted by molar-refractivity contribution is 5.61. The quantitative estimate of drug-likeness (QED) is 0.0908. The van der Waals surface area contributed by atoms with Crippen LogP contribution in [0.4, 0.5) is 81.6 Å². The molecule has 2 aromatic rings. The lowest BCUT2D eigenvalue weighted by molar-refractivity contribution is -0.605. The van der Waals surface area contributed by atoms with E-state index in [-0.39, 0.29) is 36.4 Å². The number of phenolic OH excluding ortho intramolecular Hbond substituents is 2. The number of anilines is 2. The summed E-state index contributed by atoms with van der Waals surface area (Å²) in [5, 5.41) is 19.0. The van der Waals surface area contributed by atoms with Crippen molar-refractivity contribution in [1.29, 1.82) is 0 Å². The van der Waals surface area contributed by atoms with Gasteiger partial charge in [-0.3, -0.25) is 0 Å². The molecule has 0 saturated heterocycles. The van der Waals surface area contributed by atoms with Crippen LogP contribution in [0, 0.1) is 0 Å². The second-order valence-electron chi connectivity index (χ2n) is 8.13. The summed E-state index contributed by atoms with van der Waals surface area (Å²) in [4.78, 5) is 0. The summed E-state index contributed by atoms with van der Waals surface area (Å²) in [5.41, 5.74) is -1.38. The number of hydrogen-bond acceptors (Lipinski definition) is 8. The molecule has 0 aliphatic carbocycles. The Bertz CT molecular complexity index is 1300. The molecule has 44 heavy (non-hydrogen) atoms. The first-order valence-corrected chi connectivity index (χ1v) is 10.4. The number of phenols is 2. The summed E-state index contributed by atoms with van der Waals surface area (Å²) < 4.78 is 227. The zero-order chi connectivity index (χ0) is 34.5. The van der Waals surface area contributed by atoms with Gasteiger partial charge in [0.25, 0.3) is 0 Å². The van der Waals surface area contributed by atoms with E-state index in [2.05, 4.69) is 4.74 Å². The summed E-state index contributed by atoms with van der Waals surface area (Å²) in [6.45, 7) is 0. The van der Waals surface area contributed by atoms with Crippen LogP contribution >= 0.6 is 0 Å². The van der Waals surface area contributed by atoms with E-state index >= 15 is 8.78 Å². The number of rotatable bonds is 11. The minimum atomic E-state index is -7.43. The van der Waals surface area contributed by atoms with Gasteiger partial charge in [0.15, 0.2) is 0 Å².